The number of anilines is 1. The molecule has 1 aromatic carbocycles. The number of nitrogens with one attached hydrogen (secondary N) is 1. The van der Waals surface area contributed by atoms with E-state index in [1.54, 1.807) is 31.2 Å². The topological polar surface area (TPSA) is 65.4 Å². The first kappa shape index (κ1) is 14.9. The first-order valence-corrected chi connectivity index (χ1v) is 5.75. The Balaban J connectivity index is 2.58. The summed E-state index contributed by atoms with van der Waals surface area (Å²) in [7, 11) is 3.23. The van der Waals surface area contributed by atoms with Gasteiger partial charge in [0.25, 0.3) is 0 Å². The summed E-state index contributed by atoms with van der Waals surface area (Å²) in [5.74, 6) is -0.768. The van der Waals surface area contributed by atoms with Gasteiger partial charge in [-0.3, -0.25) is 4.79 Å². The molecule has 0 unspecified atom stereocenters. The second-order valence-corrected chi connectivity index (χ2v) is 3.97. The van der Waals surface area contributed by atoms with Crippen molar-refractivity contribution in [2.24, 2.45) is 0 Å². The molecular formula is C13H16FN3O2. The highest BCUT2D eigenvalue weighted by Gasteiger charge is 2.09. The second kappa shape index (κ2) is 7.34. The number of nitrogens with zero attached hydrogens (tertiary/aromatic N) is 2. The van der Waals surface area contributed by atoms with Crippen molar-refractivity contribution in [3.63, 3.8) is 0 Å². The van der Waals surface area contributed by atoms with Gasteiger partial charge in [0.2, 0.25) is 5.91 Å². The van der Waals surface area contributed by atoms with Crippen molar-refractivity contribution in [2.75, 3.05) is 38.8 Å². The fraction of sp³-hybridized carbons (Fsp3) is 0.385. The Bertz CT molecular complexity index is 485. The summed E-state index contributed by atoms with van der Waals surface area (Å²) in [6.45, 7) is 0.987. The molecule has 0 saturated heterocycles. The Morgan fingerprint density at radius 2 is 2.32 bits per heavy atom. The zero-order chi connectivity index (χ0) is 14.3. The van der Waals surface area contributed by atoms with Gasteiger partial charge in [0.05, 0.1) is 18.7 Å². The van der Waals surface area contributed by atoms with Gasteiger partial charge in [-0.15, -0.1) is 0 Å². The number of carbonyl (C=O) groups excluding carboxylic acids is 1. The lowest BCUT2D eigenvalue weighted by Gasteiger charge is -2.19. The molecule has 0 aliphatic heterocycles. The third kappa shape index (κ3) is 4.56. The normalized spacial score (nSPS) is 9.79. The molecule has 0 fully saturated rings. The maximum Gasteiger partial charge on any atom is 0.239 e. The second-order valence-electron chi connectivity index (χ2n) is 3.97. The molecule has 6 heteroatoms. The number of benzene rings is 1. The van der Waals surface area contributed by atoms with Crippen LogP contribution in [0.1, 0.15) is 5.56 Å². The number of amides is 1. The molecule has 0 aliphatic rings. The summed E-state index contributed by atoms with van der Waals surface area (Å²) in [4.78, 5) is 13.2. The maximum absolute atomic E-state index is 13.4. The predicted molar refractivity (Wildman–Crippen MR) is 69.3 cm³/mol. The zero-order valence-electron chi connectivity index (χ0n) is 10.9. The molecule has 0 radical (unpaired) electrons. The van der Waals surface area contributed by atoms with Crippen molar-refractivity contribution < 1.29 is 13.9 Å². The molecule has 1 amide bonds. The van der Waals surface area contributed by atoms with E-state index in [4.69, 9.17) is 10.00 Å². The summed E-state index contributed by atoms with van der Waals surface area (Å²) >= 11 is 0. The molecule has 5 nitrogen and oxygen atoms in total. The Hall–Kier alpha value is -2.13. The van der Waals surface area contributed by atoms with E-state index in [0.717, 1.165) is 0 Å². The van der Waals surface area contributed by atoms with Crippen LogP contribution in [0.25, 0.3) is 0 Å². The van der Waals surface area contributed by atoms with Crippen LogP contribution in [0.15, 0.2) is 18.2 Å². The number of rotatable bonds is 6. The molecule has 1 aromatic rings. The number of hydrogen-bond donors (Lipinski definition) is 1. The first-order valence-electron chi connectivity index (χ1n) is 5.75. The monoisotopic (exact) mass is 265 g/mol. The van der Waals surface area contributed by atoms with Crippen LogP contribution in [0.4, 0.5) is 10.1 Å². The Morgan fingerprint density at radius 1 is 1.58 bits per heavy atom. The minimum atomic E-state index is -0.591. The third-order valence-corrected chi connectivity index (χ3v) is 2.52. The fourth-order valence-electron chi connectivity index (χ4n) is 1.49. The van der Waals surface area contributed by atoms with Crippen molar-refractivity contribution in [3.8, 4) is 6.07 Å². The molecule has 1 N–H and O–H groups in total. The molecular weight excluding hydrogens is 249 g/mol. The largest absolute Gasteiger partial charge is 0.383 e. The van der Waals surface area contributed by atoms with E-state index in [1.807, 2.05) is 0 Å². The van der Waals surface area contributed by atoms with Gasteiger partial charge >= 0.3 is 0 Å². The van der Waals surface area contributed by atoms with Crippen molar-refractivity contribution in [3.05, 3.63) is 29.6 Å². The van der Waals surface area contributed by atoms with Crippen LogP contribution < -0.4 is 10.2 Å². The van der Waals surface area contributed by atoms with Gasteiger partial charge in [0, 0.05) is 26.4 Å². The van der Waals surface area contributed by atoms with E-state index in [-0.39, 0.29) is 18.0 Å². The highest BCUT2D eigenvalue weighted by molar-refractivity contribution is 5.81. The average Bonchev–Trinajstić information content (AvgIpc) is 2.38. The zero-order valence-corrected chi connectivity index (χ0v) is 10.9. The lowest BCUT2D eigenvalue weighted by Crippen LogP contribution is -2.36. The highest BCUT2D eigenvalue weighted by atomic mass is 19.1. The summed E-state index contributed by atoms with van der Waals surface area (Å²) in [5, 5.41) is 11.3. The van der Waals surface area contributed by atoms with Gasteiger partial charge in [-0.25, -0.2) is 4.39 Å². The SMILES string of the molecule is COCCNC(=O)CN(C)c1ccc(C#N)c(F)c1. The van der Waals surface area contributed by atoms with Crippen LogP contribution in [0.5, 0.6) is 0 Å². The third-order valence-electron chi connectivity index (χ3n) is 2.52. The molecule has 0 spiro atoms. The Morgan fingerprint density at radius 3 is 2.89 bits per heavy atom. The number of ether oxygens (including phenoxy) is 1. The van der Waals surface area contributed by atoms with Gasteiger partial charge < -0.3 is 15.0 Å². The van der Waals surface area contributed by atoms with E-state index in [1.165, 1.54) is 12.1 Å². The minimum absolute atomic E-state index is 0.0123. The van der Waals surface area contributed by atoms with Gasteiger partial charge in [-0.2, -0.15) is 5.26 Å². The summed E-state index contributed by atoms with van der Waals surface area (Å²) in [6.07, 6.45) is 0. The van der Waals surface area contributed by atoms with E-state index in [0.29, 0.717) is 18.8 Å². The molecule has 0 bridgehead atoms. The molecule has 0 aliphatic carbocycles. The smallest absolute Gasteiger partial charge is 0.239 e. The fourth-order valence-corrected chi connectivity index (χ4v) is 1.49. The predicted octanol–water partition coefficient (Wildman–Crippen LogP) is 0.896. The Labute approximate surface area is 111 Å². The van der Waals surface area contributed by atoms with E-state index in [2.05, 4.69) is 5.32 Å². The maximum atomic E-state index is 13.4. The van der Waals surface area contributed by atoms with Crippen LogP contribution in [0.2, 0.25) is 0 Å². The Kier molecular flexibility index (Phi) is 5.76. The van der Waals surface area contributed by atoms with E-state index in [9.17, 15) is 9.18 Å². The van der Waals surface area contributed by atoms with Gasteiger partial charge in [-0.05, 0) is 18.2 Å². The van der Waals surface area contributed by atoms with Crippen LogP contribution in [-0.4, -0.2) is 39.8 Å². The minimum Gasteiger partial charge on any atom is -0.383 e. The lowest BCUT2D eigenvalue weighted by molar-refractivity contribution is -0.119. The van der Waals surface area contributed by atoms with Gasteiger partial charge in [-0.1, -0.05) is 0 Å². The molecule has 19 heavy (non-hydrogen) atoms. The summed E-state index contributed by atoms with van der Waals surface area (Å²) in [6, 6.07) is 5.98. The first-order chi connectivity index (χ1) is 9.08. The number of nitriles is 1. The van der Waals surface area contributed by atoms with Crippen LogP contribution >= 0.6 is 0 Å². The van der Waals surface area contributed by atoms with Gasteiger partial charge in [0.1, 0.15) is 11.9 Å². The van der Waals surface area contributed by atoms with Crippen LogP contribution in [0, 0.1) is 17.1 Å². The molecule has 0 heterocycles. The van der Waals surface area contributed by atoms with Crippen molar-refractivity contribution in [1.29, 1.82) is 5.26 Å². The summed E-state index contributed by atoms with van der Waals surface area (Å²) in [5.41, 5.74) is 0.528. The number of methoxy groups -OCH3 is 1. The summed E-state index contributed by atoms with van der Waals surface area (Å²) < 4.78 is 18.2. The van der Waals surface area contributed by atoms with Crippen molar-refractivity contribution >= 4 is 11.6 Å². The van der Waals surface area contributed by atoms with Gasteiger partial charge in [0.15, 0.2) is 0 Å². The molecule has 0 saturated carbocycles. The number of halogens is 1. The standard InChI is InChI=1S/C13H16FN3O2/c1-17(9-13(18)16-5-6-19-2)11-4-3-10(8-15)12(14)7-11/h3-4,7H,5-6,9H2,1-2H3,(H,16,18). The molecule has 0 aromatic heterocycles. The van der Waals surface area contributed by atoms with Crippen LogP contribution in [0.3, 0.4) is 0 Å². The molecule has 0 atom stereocenters. The quantitative estimate of drug-likeness (QED) is 0.776. The molecule has 102 valence electrons. The van der Waals surface area contributed by atoms with Crippen molar-refractivity contribution in [2.45, 2.75) is 0 Å². The van der Waals surface area contributed by atoms with Crippen LogP contribution in [-0.2, 0) is 9.53 Å². The van der Waals surface area contributed by atoms with E-state index >= 15 is 0 Å². The number of hydrogen-bond acceptors (Lipinski definition) is 4. The average molecular weight is 265 g/mol. The highest BCUT2D eigenvalue weighted by Crippen LogP contribution is 2.16. The van der Waals surface area contributed by atoms with Crippen molar-refractivity contribution in [1.82, 2.24) is 5.32 Å². The number of likely N-dealkylation sites (N-methyl/N-ethyl adjacent to an activating group) is 1. The van der Waals surface area contributed by atoms with E-state index < -0.39 is 5.82 Å². The number of carbonyl (C=O) groups is 1. The molecule has 1 rings (SSSR count). The lowest BCUT2D eigenvalue weighted by atomic mass is 10.2.